The van der Waals surface area contributed by atoms with E-state index >= 15 is 0 Å². The van der Waals surface area contributed by atoms with Crippen molar-refractivity contribution in [1.82, 2.24) is 0 Å². The predicted octanol–water partition coefficient (Wildman–Crippen LogP) is 37.2. The van der Waals surface area contributed by atoms with Gasteiger partial charge < -0.3 is 29.6 Å². The van der Waals surface area contributed by atoms with Crippen molar-refractivity contribution in [3.05, 3.63) is 111 Å². The van der Waals surface area contributed by atoms with Gasteiger partial charge in [0.1, 0.15) is 5.75 Å². The molecular formula is C120H210N6O2. The summed E-state index contributed by atoms with van der Waals surface area (Å²) >= 11 is 0. The van der Waals surface area contributed by atoms with Gasteiger partial charge in [-0.1, -0.05) is 403 Å². The maximum Gasteiger partial charge on any atom is 0.225 e. The zero-order valence-corrected chi connectivity index (χ0v) is 89.4. The van der Waals surface area contributed by atoms with Crippen LogP contribution in [-0.4, -0.2) is 42.0 Å². The molecule has 2 aromatic carbocycles. The lowest BCUT2D eigenvalue weighted by Gasteiger charge is -2.41. The van der Waals surface area contributed by atoms with E-state index in [4.69, 9.17) is 41.9 Å². The number of hydrogen-bond donors (Lipinski definition) is 2. The predicted molar refractivity (Wildman–Crippen MR) is 558 cm³/mol. The molecule has 6 unspecified atom stereocenters. The average Bonchev–Trinajstić information content (AvgIpc) is 0.788. The summed E-state index contributed by atoms with van der Waals surface area (Å²) in [7, 11) is 0. The quantitative estimate of drug-likeness (QED) is 0.0760. The Hall–Kier alpha value is -4.86. The first-order valence-electron chi connectivity index (χ1n) is 54.5. The van der Waals surface area contributed by atoms with Crippen molar-refractivity contribution in [2.75, 3.05) is 19.7 Å². The van der Waals surface area contributed by atoms with Gasteiger partial charge in [-0.2, -0.15) is 10.5 Å². The first-order chi connectivity index (χ1) is 60.9. The second kappa shape index (κ2) is 69.0. The molecule has 12 atom stereocenters. The molecule has 9 aliphatic rings. The highest BCUT2D eigenvalue weighted by molar-refractivity contribution is 5.30. The Bertz CT molecular complexity index is 3200. The molecule has 11 rings (SSSR count). The van der Waals surface area contributed by atoms with Gasteiger partial charge in [0.2, 0.25) is 25.2 Å². The first kappa shape index (κ1) is 121. The Balaban J connectivity index is 0.000000705. The lowest BCUT2D eigenvalue weighted by Crippen LogP contribution is -2.45. The third kappa shape index (κ3) is 45.4. The summed E-state index contributed by atoms with van der Waals surface area (Å²) in [6.45, 7) is 93.3. The fraction of sp³-hybridized carbons (Fsp3) is 0.850. The van der Waals surface area contributed by atoms with E-state index in [1.54, 1.807) is 6.07 Å². The Morgan fingerprint density at radius 2 is 0.812 bits per heavy atom. The number of aliphatic hydroxyl groups excluding tert-OH is 1. The molecular weight excluding hydrogens is 1560 g/mol. The number of phenolic OH excluding ortho intramolecular Hbond substituents is 1. The number of aliphatic hydroxyl groups is 1. The minimum Gasteiger partial charge on any atom is -0.508 e. The maximum absolute atomic E-state index is 9.34. The van der Waals surface area contributed by atoms with Gasteiger partial charge >= 0.3 is 0 Å². The van der Waals surface area contributed by atoms with Gasteiger partial charge in [-0.25, -0.2) is 26.3 Å². The smallest absolute Gasteiger partial charge is 0.225 e. The van der Waals surface area contributed by atoms with Crippen LogP contribution in [0.25, 0.3) is 19.4 Å². The van der Waals surface area contributed by atoms with Gasteiger partial charge in [-0.15, -0.1) is 0 Å². The van der Waals surface area contributed by atoms with Crippen LogP contribution in [0, 0.1) is 208 Å². The highest BCUT2D eigenvalue weighted by Crippen LogP contribution is 2.51. The minimum absolute atomic E-state index is 0.178. The van der Waals surface area contributed by atoms with Crippen LogP contribution < -0.4 is 0 Å². The van der Waals surface area contributed by atoms with Crippen LogP contribution in [0.15, 0.2) is 54.6 Å². The molecule has 2 N–H and O–H groups in total. The Kier molecular flexibility index (Phi) is 65.3. The van der Waals surface area contributed by atoms with E-state index in [0.29, 0.717) is 66.9 Å². The lowest BCUT2D eigenvalue weighted by molar-refractivity contribution is 0.0807. The van der Waals surface area contributed by atoms with Gasteiger partial charge in [-0.05, 0) is 234 Å². The van der Waals surface area contributed by atoms with E-state index in [1.807, 2.05) is 12.1 Å². The molecule has 0 aliphatic heterocycles. The average molecular weight is 1770 g/mol. The van der Waals surface area contributed by atoms with E-state index in [-0.39, 0.29) is 22.9 Å². The van der Waals surface area contributed by atoms with Gasteiger partial charge in [0, 0.05) is 45.1 Å². The summed E-state index contributed by atoms with van der Waals surface area (Å²) in [5.41, 5.74) is 3.08. The molecule has 0 heterocycles. The molecule has 732 valence electrons. The Morgan fingerprint density at radius 3 is 1.13 bits per heavy atom. The molecule has 0 radical (unpaired) electrons. The van der Waals surface area contributed by atoms with Gasteiger partial charge in [0.05, 0.1) is 23.0 Å². The molecule has 9 fully saturated rings. The van der Waals surface area contributed by atoms with Crippen molar-refractivity contribution in [1.29, 1.82) is 10.5 Å². The molecule has 8 nitrogen and oxygen atoms in total. The van der Waals surface area contributed by atoms with Crippen LogP contribution in [0.3, 0.4) is 0 Å². The van der Waals surface area contributed by atoms with E-state index < -0.39 is 0 Å². The van der Waals surface area contributed by atoms with E-state index in [1.165, 1.54) is 217 Å². The monoisotopic (exact) mass is 1770 g/mol. The van der Waals surface area contributed by atoms with E-state index in [2.05, 4.69) is 262 Å². The molecule has 2 aromatic rings. The fourth-order valence-electron chi connectivity index (χ4n) is 25.1. The number of rotatable bonds is 30. The molecule has 0 amide bonds. The molecule has 0 bridgehead atoms. The van der Waals surface area contributed by atoms with Crippen LogP contribution in [0.4, 0.5) is 0 Å². The third-order valence-corrected chi connectivity index (χ3v) is 33.8. The zero-order chi connectivity index (χ0) is 96.5. The number of aromatic hydroxyl groups is 1. The van der Waals surface area contributed by atoms with Crippen LogP contribution in [-0.2, 0) is 0 Å². The van der Waals surface area contributed by atoms with Crippen molar-refractivity contribution in [3.8, 4) is 17.9 Å². The second-order valence-electron chi connectivity index (χ2n) is 46.0. The van der Waals surface area contributed by atoms with Crippen molar-refractivity contribution in [2.45, 2.75) is 475 Å². The highest BCUT2D eigenvalue weighted by atomic mass is 16.3. The summed E-state index contributed by atoms with van der Waals surface area (Å²) in [6, 6.07) is 23.4. The summed E-state index contributed by atoms with van der Waals surface area (Å²) in [6.07, 6.45) is 53.4. The van der Waals surface area contributed by atoms with Crippen molar-refractivity contribution in [3.63, 3.8) is 0 Å². The molecule has 0 saturated heterocycles. The molecule has 9 aliphatic carbocycles. The van der Waals surface area contributed by atoms with Crippen LogP contribution in [0.2, 0.25) is 0 Å². The largest absolute Gasteiger partial charge is 0.508 e. The van der Waals surface area contributed by atoms with Crippen LogP contribution in [0.5, 0.6) is 5.75 Å². The summed E-state index contributed by atoms with van der Waals surface area (Å²) in [5, 5.41) is 35.6. The number of nitrogens with zero attached hydrogens (tertiary/aromatic N) is 6. The first-order valence-corrected chi connectivity index (χ1v) is 54.5. The number of phenols is 1. The fourth-order valence-corrected chi connectivity index (χ4v) is 25.1. The van der Waals surface area contributed by atoms with Crippen LogP contribution in [0.1, 0.15) is 474 Å². The van der Waals surface area contributed by atoms with Crippen molar-refractivity contribution >= 4 is 0 Å². The number of nitriles is 2. The standard InChI is InChI=1S/2C12H21N.C12H18O.C12H24.C12H18.C12H24.2C10H14N2.C10H20.C9H18O.C9H18/c1-10(2)12(8-5-9-13)11-6-3-4-7-11;1-10(2)12(7-8-13)9-11-5-3-4-6-11;1-4-12(9(2)3)10-6-5-7-11(13)8-10;2*1-4-12(10(2)3)11-8-6-5-7-9-11;1-4-7-12(10(2)3)11-8-5-6-9-11;2*1-8(2)10(7-11-3)5-9(6-10)12-4;1-4-9-6-5-7-10(9)8(2)3;1-7(2)9-5-3-4-8(9)6-10;1-7(2)9-6-4-5-8(9)3/h10-12H,3-8H2,1-2H3;10-12H,3-7,9H2,1-2H3;5-9,12-13H,4H2,1-3H3;10-12H,4-9H2,1-3H3;5-10,12H,4H2,1-3H3;10-12H,4-9H2,1-3H3;2*8-9H,5-7H2,1-2H3;8-10H,4-7H2,1-3H3;7-10H,3-6H2,1-2H3;7-9H,4-6H2,1-3H3/t6*12-;;;;;/m010000...../s1. The van der Waals surface area contributed by atoms with Gasteiger partial charge in [0.25, 0.3) is 0 Å². The molecule has 8 heteroatoms. The van der Waals surface area contributed by atoms with E-state index in [0.717, 1.165) is 170 Å². The van der Waals surface area contributed by atoms with E-state index in [9.17, 15) is 5.11 Å². The highest BCUT2D eigenvalue weighted by Gasteiger charge is 2.54. The van der Waals surface area contributed by atoms with Crippen LogP contribution >= 0.6 is 0 Å². The van der Waals surface area contributed by atoms with Crippen molar-refractivity contribution in [2.24, 2.45) is 159 Å². The van der Waals surface area contributed by atoms with Crippen molar-refractivity contribution < 1.29 is 10.2 Å². The van der Waals surface area contributed by atoms with Gasteiger partial charge in [-0.3, -0.25) is 0 Å². The SMILES string of the molecule is CC(C)C1CCCC1C.CC(C)C1CCCC1CO.CC(C)[C@H](CC#N)CC1CCCC1.CC(C)[C@H](CCC#N)C1CCCC1.CCC1CCCC1C(C)C.CCC[C@@H](C(C)C)C1CCCC1.CC[C@@H](C(C)C)C1CCCCC1.CC[C@H](c1cccc(O)c1)C(C)C.CC[C@H](c1ccccc1)C(C)C.[C-]#[N+]CC1(C(C)C)CC([N+]#[C-])C1.[C-]#[N+]CC1(C(C)C)CC([N+]#[C-])C1. The normalized spacial score (nSPS) is 25.0. The lowest BCUT2D eigenvalue weighted by atomic mass is 9.59. The molecule has 0 spiro atoms. The number of hydrogen-bond acceptors (Lipinski definition) is 4. The molecule has 128 heavy (non-hydrogen) atoms. The molecule has 0 aromatic heterocycles. The Morgan fingerprint density at radius 1 is 0.414 bits per heavy atom. The summed E-state index contributed by atoms with van der Waals surface area (Å²) in [5.74, 6) is 23.0. The third-order valence-electron chi connectivity index (χ3n) is 33.8. The Labute approximate surface area is 798 Å². The summed E-state index contributed by atoms with van der Waals surface area (Å²) in [4.78, 5) is 13.9. The second-order valence-corrected chi connectivity index (χ2v) is 46.0. The maximum atomic E-state index is 9.34. The molecule has 9 saturated carbocycles. The van der Waals surface area contributed by atoms with Gasteiger partial charge in [0.15, 0.2) is 0 Å². The minimum atomic E-state index is 0.178. The zero-order valence-electron chi connectivity index (χ0n) is 89.4. The topological polar surface area (TPSA) is 105 Å². The summed E-state index contributed by atoms with van der Waals surface area (Å²) < 4.78 is 0. The number of benzene rings is 2.